The summed E-state index contributed by atoms with van der Waals surface area (Å²) in [5, 5.41) is 19.8. The third-order valence-corrected chi connectivity index (χ3v) is 4.38. The van der Waals surface area contributed by atoms with Crippen LogP contribution in [-0.4, -0.2) is 26.4 Å². The van der Waals surface area contributed by atoms with Gasteiger partial charge in [-0.1, -0.05) is 17.7 Å². The second kappa shape index (κ2) is 7.86. The maximum Gasteiger partial charge on any atom is 0.353 e. The van der Waals surface area contributed by atoms with Gasteiger partial charge in [0.25, 0.3) is 0 Å². The van der Waals surface area contributed by atoms with Crippen molar-refractivity contribution < 1.29 is 4.92 Å². The van der Waals surface area contributed by atoms with Crippen LogP contribution in [0.3, 0.4) is 0 Å². The number of anilines is 3. The zero-order valence-electron chi connectivity index (χ0n) is 12.8. The quantitative estimate of drug-likeness (QED) is 0.475. The molecule has 0 saturated carbocycles. The number of hydrogen-bond donors (Lipinski definition) is 2. The van der Waals surface area contributed by atoms with Gasteiger partial charge in [-0.05, 0) is 30.0 Å². The predicted molar refractivity (Wildman–Crippen MR) is 97.7 cm³/mol. The number of rotatable bonds is 7. The van der Waals surface area contributed by atoms with Gasteiger partial charge < -0.3 is 10.6 Å². The zero-order chi connectivity index (χ0) is 17.6. The Kier molecular flexibility index (Phi) is 5.36. The number of aromatic nitrogens is 3. The monoisotopic (exact) mass is 376 g/mol. The number of thiophene rings is 1. The van der Waals surface area contributed by atoms with Crippen LogP contribution < -0.4 is 10.6 Å². The summed E-state index contributed by atoms with van der Waals surface area (Å²) in [4.78, 5) is 24.2. The van der Waals surface area contributed by atoms with Gasteiger partial charge in [-0.2, -0.15) is 0 Å². The summed E-state index contributed by atoms with van der Waals surface area (Å²) >= 11 is 7.42. The van der Waals surface area contributed by atoms with Gasteiger partial charge in [-0.3, -0.25) is 10.1 Å². The molecule has 0 saturated heterocycles. The Hall–Kier alpha value is -2.78. The fourth-order valence-corrected chi connectivity index (χ4v) is 2.92. The van der Waals surface area contributed by atoms with Crippen LogP contribution >= 0.6 is 22.9 Å². The first-order chi connectivity index (χ1) is 12.1. The topological polar surface area (TPSA) is 106 Å². The number of halogens is 1. The van der Waals surface area contributed by atoms with E-state index >= 15 is 0 Å². The van der Waals surface area contributed by atoms with E-state index in [1.807, 2.05) is 17.5 Å². The second-order valence-corrected chi connectivity index (χ2v) is 6.39. The normalized spacial score (nSPS) is 10.4. The minimum atomic E-state index is -0.522. The third-order valence-electron chi connectivity index (χ3n) is 3.22. The lowest BCUT2D eigenvalue weighted by Gasteiger charge is -2.09. The van der Waals surface area contributed by atoms with Gasteiger partial charge in [0.2, 0.25) is 11.6 Å². The highest BCUT2D eigenvalue weighted by Crippen LogP contribution is 2.30. The van der Waals surface area contributed by atoms with Crippen LogP contribution in [0.25, 0.3) is 0 Å². The number of hydrogen-bond acceptors (Lipinski definition) is 8. The van der Waals surface area contributed by atoms with Crippen molar-refractivity contribution in [2.75, 3.05) is 17.2 Å². The Morgan fingerprint density at radius 3 is 2.72 bits per heavy atom. The summed E-state index contributed by atoms with van der Waals surface area (Å²) < 4.78 is 0. The average molecular weight is 377 g/mol. The maximum atomic E-state index is 11.5. The lowest BCUT2D eigenvalue weighted by Crippen LogP contribution is -2.10. The highest BCUT2D eigenvalue weighted by atomic mass is 35.5. The van der Waals surface area contributed by atoms with Crippen molar-refractivity contribution in [1.29, 1.82) is 0 Å². The molecule has 8 nitrogen and oxygen atoms in total. The van der Waals surface area contributed by atoms with Gasteiger partial charge in [0, 0.05) is 17.6 Å². The fraction of sp³-hybridized carbons (Fsp3) is 0.133. The molecule has 3 heterocycles. The van der Waals surface area contributed by atoms with Crippen LogP contribution in [0, 0.1) is 10.1 Å². The molecule has 0 amide bonds. The Morgan fingerprint density at radius 1 is 1.20 bits per heavy atom. The molecule has 128 valence electrons. The van der Waals surface area contributed by atoms with Gasteiger partial charge in [-0.25, -0.2) is 15.0 Å². The average Bonchev–Trinajstić information content (AvgIpc) is 3.10. The summed E-state index contributed by atoms with van der Waals surface area (Å²) in [5.41, 5.74) is -0.231. The first kappa shape index (κ1) is 17.1. The van der Waals surface area contributed by atoms with Crippen molar-refractivity contribution in [3.05, 3.63) is 62.2 Å². The molecule has 3 aromatic rings. The lowest BCUT2D eigenvalue weighted by molar-refractivity contribution is -0.383. The largest absolute Gasteiger partial charge is 0.364 e. The second-order valence-electron chi connectivity index (χ2n) is 4.92. The van der Waals surface area contributed by atoms with Crippen LogP contribution in [0.2, 0.25) is 5.02 Å². The Morgan fingerprint density at radius 2 is 2.04 bits per heavy atom. The summed E-state index contributed by atoms with van der Waals surface area (Å²) in [6, 6.07) is 7.22. The fourth-order valence-electron chi connectivity index (χ4n) is 2.10. The first-order valence-corrected chi connectivity index (χ1v) is 8.53. The summed E-state index contributed by atoms with van der Waals surface area (Å²) in [6.07, 6.45) is 3.45. The molecule has 3 rings (SSSR count). The summed E-state index contributed by atoms with van der Waals surface area (Å²) in [6.45, 7) is 0.525. The van der Waals surface area contributed by atoms with Gasteiger partial charge in [0.05, 0.1) is 9.95 Å². The molecule has 10 heteroatoms. The van der Waals surface area contributed by atoms with E-state index in [9.17, 15) is 10.1 Å². The first-order valence-electron chi connectivity index (χ1n) is 7.27. The molecular formula is C15H13ClN6O2S. The van der Waals surface area contributed by atoms with Crippen molar-refractivity contribution in [2.45, 2.75) is 6.42 Å². The van der Waals surface area contributed by atoms with Gasteiger partial charge in [0.15, 0.2) is 0 Å². The van der Waals surface area contributed by atoms with Crippen molar-refractivity contribution in [3.8, 4) is 0 Å². The standard InChI is InChI=1S/C15H13ClN6O2S/c16-10-3-4-12(18-8-10)21-15-13(22(23)24)14(19-9-20-15)17-6-5-11-2-1-7-25-11/h1-4,7-9H,5-6H2,(H2,17,18,19,20,21). The Bertz CT molecular complexity index is 857. The van der Waals surface area contributed by atoms with E-state index in [1.54, 1.807) is 23.5 Å². The molecule has 2 N–H and O–H groups in total. The van der Waals surface area contributed by atoms with E-state index in [0.29, 0.717) is 17.4 Å². The molecule has 0 aliphatic rings. The molecule has 25 heavy (non-hydrogen) atoms. The predicted octanol–water partition coefficient (Wildman–Crippen LogP) is 3.89. The van der Waals surface area contributed by atoms with Gasteiger partial charge >= 0.3 is 5.69 Å². The number of nitrogens with one attached hydrogen (secondary N) is 2. The van der Waals surface area contributed by atoms with Crippen molar-refractivity contribution in [3.63, 3.8) is 0 Å². The van der Waals surface area contributed by atoms with Crippen LogP contribution in [0.15, 0.2) is 42.2 Å². The SMILES string of the molecule is O=[N+]([O-])c1c(NCCc2cccs2)ncnc1Nc1ccc(Cl)cn1. The van der Waals surface area contributed by atoms with Crippen molar-refractivity contribution in [2.24, 2.45) is 0 Å². The minimum absolute atomic E-state index is 0.0634. The molecular weight excluding hydrogens is 364 g/mol. The zero-order valence-corrected chi connectivity index (χ0v) is 14.4. The van der Waals surface area contributed by atoms with E-state index in [1.165, 1.54) is 17.4 Å². The molecule has 0 bridgehead atoms. The Labute approximate surface area is 152 Å². The number of nitro groups is 1. The van der Waals surface area contributed by atoms with Crippen LogP contribution in [0.5, 0.6) is 0 Å². The molecule has 0 atom stereocenters. The van der Waals surface area contributed by atoms with E-state index in [0.717, 1.165) is 6.42 Å². The molecule has 0 aliphatic carbocycles. The molecule has 0 radical (unpaired) electrons. The molecule has 0 aliphatic heterocycles. The molecule has 0 unspecified atom stereocenters. The van der Waals surface area contributed by atoms with Gasteiger partial charge in [-0.15, -0.1) is 11.3 Å². The van der Waals surface area contributed by atoms with E-state index in [-0.39, 0.29) is 17.3 Å². The highest BCUT2D eigenvalue weighted by molar-refractivity contribution is 7.09. The molecule has 0 fully saturated rings. The highest BCUT2D eigenvalue weighted by Gasteiger charge is 2.23. The van der Waals surface area contributed by atoms with Gasteiger partial charge in [0.1, 0.15) is 12.1 Å². The molecule has 3 aromatic heterocycles. The summed E-state index contributed by atoms with van der Waals surface area (Å²) in [5.74, 6) is 0.622. The summed E-state index contributed by atoms with van der Waals surface area (Å²) in [7, 11) is 0. The van der Waals surface area contributed by atoms with E-state index in [2.05, 4.69) is 25.6 Å². The molecule has 0 spiro atoms. The minimum Gasteiger partial charge on any atom is -0.364 e. The molecule has 0 aromatic carbocycles. The van der Waals surface area contributed by atoms with Crippen LogP contribution in [0.1, 0.15) is 4.88 Å². The van der Waals surface area contributed by atoms with Crippen molar-refractivity contribution in [1.82, 2.24) is 15.0 Å². The smallest absolute Gasteiger partial charge is 0.353 e. The van der Waals surface area contributed by atoms with Crippen LogP contribution in [0.4, 0.5) is 23.1 Å². The van der Waals surface area contributed by atoms with E-state index < -0.39 is 4.92 Å². The number of nitrogens with zero attached hydrogens (tertiary/aromatic N) is 4. The maximum absolute atomic E-state index is 11.5. The van der Waals surface area contributed by atoms with Crippen molar-refractivity contribution >= 4 is 46.1 Å². The number of pyridine rings is 1. The lowest BCUT2D eigenvalue weighted by atomic mass is 10.3. The van der Waals surface area contributed by atoms with Crippen LogP contribution in [-0.2, 0) is 6.42 Å². The van der Waals surface area contributed by atoms with E-state index in [4.69, 9.17) is 11.6 Å². The Balaban J connectivity index is 1.78. The third kappa shape index (κ3) is 4.40.